The Bertz CT molecular complexity index is 682. The zero-order valence-corrected chi connectivity index (χ0v) is 14.3. The molecule has 1 aromatic heterocycles. The Morgan fingerprint density at radius 2 is 2.00 bits per heavy atom. The van der Waals surface area contributed by atoms with Gasteiger partial charge in [-0.2, -0.15) is 0 Å². The molecular weight excluding hydrogens is 316 g/mol. The maximum Gasteiger partial charge on any atom is 0.303 e. The third kappa shape index (κ3) is 5.48. The fourth-order valence-corrected chi connectivity index (χ4v) is 3.00. The van der Waals surface area contributed by atoms with Crippen LogP contribution in [0.2, 0.25) is 0 Å². The summed E-state index contributed by atoms with van der Waals surface area (Å²) in [6.07, 6.45) is 5.80. The molecule has 1 aromatic carbocycles. The summed E-state index contributed by atoms with van der Waals surface area (Å²) < 4.78 is 5.75. The first kappa shape index (κ1) is 17.3. The molecule has 1 fully saturated rings. The topological polar surface area (TPSA) is 71.5 Å². The van der Waals surface area contributed by atoms with E-state index in [-0.39, 0.29) is 11.8 Å². The van der Waals surface area contributed by atoms with Crippen molar-refractivity contribution in [3.8, 4) is 5.75 Å². The molecule has 1 aliphatic carbocycles. The van der Waals surface area contributed by atoms with Crippen molar-refractivity contribution in [1.82, 2.24) is 4.98 Å². The number of anilines is 1. The Balaban J connectivity index is 1.37. The van der Waals surface area contributed by atoms with Gasteiger partial charge in [0.25, 0.3) is 0 Å². The summed E-state index contributed by atoms with van der Waals surface area (Å²) in [6, 6.07) is 13.8. The van der Waals surface area contributed by atoms with Gasteiger partial charge in [-0.1, -0.05) is 18.2 Å². The molecule has 1 aliphatic rings. The van der Waals surface area contributed by atoms with Crippen LogP contribution < -0.4 is 10.1 Å². The van der Waals surface area contributed by atoms with Crippen LogP contribution in [-0.2, 0) is 11.2 Å². The zero-order chi connectivity index (χ0) is 17.5. The number of pyridine rings is 1. The molecule has 1 saturated carbocycles. The minimum absolute atomic E-state index is 0.00858. The van der Waals surface area contributed by atoms with E-state index in [1.165, 1.54) is 5.56 Å². The Labute approximate surface area is 148 Å². The highest BCUT2D eigenvalue weighted by Gasteiger charge is 2.44. The number of hydrogen-bond donors (Lipinski definition) is 2. The number of hydrogen-bond acceptors (Lipinski definition) is 4. The van der Waals surface area contributed by atoms with Crippen molar-refractivity contribution in [2.45, 2.75) is 32.1 Å². The van der Waals surface area contributed by atoms with E-state index in [0.29, 0.717) is 6.61 Å². The van der Waals surface area contributed by atoms with E-state index in [4.69, 9.17) is 9.84 Å². The smallest absolute Gasteiger partial charge is 0.303 e. The largest absolute Gasteiger partial charge is 0.494 e. The van der Waals surface area contributed by atoms with Gasteiger partial charge in [0.15, 0.2) is 0 Å². The molecule has 0 bridgehead atoms. The summed E-state index contributed by atoms with van der Waals surface area (Å²) in [5.41, 5.74) is 1.17. The number of rotatable bonds is 10. The monoisotopic (exact) mass is 340 g/mol. The maximum atomic E-state index is 10.9. The second kappa shape index (κ2) is 8.01. The summed E-state index contributed by atoms with van der Waals surface area (Å²) in [7, 11) is 0. The van der Waals surface area contributed by atoms with Crippen molar-refractivity contribution in [1.29, 1.82) is 0 Å². The molecule has 0 atom stereocenters. The number of carboxylic acid groups (broad SMARTS) is 1. The quantitative estimate of drug-likeness (QED) is 0.644. The molecule has 25 heavy (non-hydrogen) atoms. The molecule has 132 valence electrons. The number of nitrogens with one attached hydrogen (secondary N) is 1. The van der Waals surface area contributed by atoms with Crippen LogP contribution in [0.25, 0.3) is 0 Å². The molecule has 0 amide bonds. The van der Waals surface area contributed by atoms with Gasteiger partial charge < -0.3 is 15.2 Å². The van der Waals surface area contributed by atoms with Crippen molar-refractivity contribution < 1.29 is 14.6 Å². The predicted octanol–water partition coefficient (Wildman–Crippen LogP) is 3.76. The first-order valence-electron chi connectivity index (χ1n) is 8.74. The van der Waals surface area contributed by atoms with Crippen molar-refractivity contribution in [3.63, 3.8) is 0 Å². The lowest BCUT2D eigenvalue weighted by Crippen LogP contribution is -2.11. The molecule has 5 nitrogen and oxygen atoms in total. The average Bonchev–Trinajstić information content (AvgIpc) is 3.35. The summed E-state index contributed by atoms with van der Waals surface area (Å²) in [4.78, 5) is 15.1. The number of ether oxygens (including phenoxy) is 1. The number of benzene rings is 1. The Kier molecular flexibility index (Phi) is 5.53. The first-order chi connectivity index (χ1) is 12.2. The number of nitrogens with zero attached hydrogens (tertiary/aromatic N) is 1. The molecule has 0 unspecified atom stereocenters. The van der Waals surface area contributed by atoms with Crippen LogP contribution in [0.3, 0.4) is 0 Å². The van der Waals surface area contributed by atoms with Gasteiger partial charge in [-0.05, 0) is 60.9 Å². The van der Waals surface area contributed by atoms with Gasteiger partial charge >= 0.3 is 5.97 Å². The van der Waals surface area contributed by atoms with Gasteiger partial charge in [0.1, 0.15) is 11.6 Å². The highest BCUT2D eigenvalue weighted by atomic mass is 16.5. The van der Waals surface area contributed by atoms with Crippen molar-refractivity contribution in [3.05, 3.63) is 54.2 Å². The van der Waals surface area contributed by atoms with Crippen LogP contribution in [0.15, 0.2) is 48.7 Å². The van der Waals surface area contributed by atoms with E-state index in [0.717, 1.165) is 43.8 Å². The molecule has 0 saturated heterocycles. The minimum atomic E-state index is -0.697. The molecule has 1 heterocycles. The summed E-state index contributed by atoms with van der Waals surface area (Å²) >= 11 is 0. The van der Waals surface area contributed by atoms with E-state index < -0.39 is 5.97 Å². The van der Waals surface area contributed by atoms with Crippen LogP contribution in [0.1, 0.15) is 31.2 Å². The highest BCUT2D eigenvalue weighted by molar-refractivity contribution is 5.68. The highest BCUT2D eigenvalue weighted by Crippen LogP contribution is 2.51. The molecule has 0 radical (unpaired) electrons. The fraction of sp³-hybridized carbons (Fsp3) is 0.400. The summed E-state index contributed by atoms with van der Waals surface area (Å²) in [6.45, 7) is 1.45. The molecule has 2 N–H and O–H groups in total. The van der Waals surface area contributed by atoms with Gasteiger partial charge in [-0.3, -0.25) is 4.79 Å². The Hall–Kier alpha value is -2.56. The van der Waals surface area contributed by atoms with Crippen LogP contribution in [0.4, 0.5) is 5.82 Å². The van der Waals surface area contributed by atoms with E-state index in [2.05, 4.69) is 10.3 Å². The second-order valence-electron chi connectivity index (χ2n) is 6.74. The Morgan fingerprint density at radius 1 is 1.20 bits per heavy atom. The van der Waals surface area contributed by atoms with Crippen molar-refractivity contribution in [2.75, 3.05) is 18.5 Å². The van der Waals surface area contributed by atoms with Crippen LogP contribution in [0, 0.1) is 5.41 Å². The van der Waals surface area contributed by atoms with Gasteiger partial charge in [0.05, 0.1) is 13.0 Å². The first-order valence-corrected chi connectivity index (χ1v) is 8.74. The van der Waals surface area contributed by atoms with E-state index >= 15 is 0 Å². The number of carboxylic acids is 1. The Morgan fingerprint density at radius 3 is 2.64 bits per heavy atom. The van der Waals surface area contributed by atoms with Crippen LogP contribution in [0.5, 0.6) is 5.75 Å². The second-order valence-corrected chi connectivity index (χ2v) is 6.74. The fourth-order valence-electron chi connectivity index (χ4n) is 3.00. The molecule has 2 aromatic rings. The van der Waals surface area contributed by atoms with E-state index in [1.54, 1.807) is 6.20 Å². The summed E-state index contributed by atoms with van der Waals surface area (Å²) in [5, 5.41) is 12.2. The van der Waals surface area contributed by atoms with Gasteiger partial charge in [-0.25, -0.2) is 4.98 Å². The molecular formula is C20H24N2O3. The third-order valence-corrected chi connectivity index (χ3v) is 4.55. The van der Waals surface area contributed by atoms with Crippen molar-refractivity contribution >= 4 is 11.8 Å². The predicted molar refractivity (Wildman–Crippen MR) is 96.9 cm³/mol. The standard InChI is InChI=1S/C20H24N2O3/c23-19(24)15-20(9-10-20)14-16-5-7-17(8-6-16)25-13-3-12-22-18-4-1-2-11-21-18/h1-2,4-8,11H,3,9-10,12-15H2,(H,21,22)(H,23,24). The number of carbonyl (C=O) groups is 1. The van der Waals surface area contributed by atoms with E-state index in [1.807, 2.05) is 42.5 Å². The normalized spacial score (nSPS) is 14.7. The van der Waals surface area contributed by atoms with Crippen LogP contribution >= 0.6 is 0 Å². The van der Waals surface area contributed by atoms with Gasteiger partial charge in [-0.15, -0.1) is 0 Å². The number of aliphatic carboxylic acids is 1. The lowest BCUT2D eigenvalue weighted by molar-refractivity contribution is -0.138. The number of aromatic nitrogens is 1. The average molecular weight is 340 g/mol. The molecule has 0 spiro atoms. The van der Waals surface area contributed by atoms with E-state index in [9.17, 15) is 4.79 Å². The SMILES string of the molecule is O=C(O)CC1(Cc2ccc(OCCCNc3ccccn3)cc2)CC1. The minimum Gasteiger partial charge on any atom is -0.494 e. The van der Waals surface area contributed by atoms with Gasteiger partial charge in [0, 0.05) is 12.7 Å². The van der Waals surface area contributed by atoms with Gasteiger partial charge in [0.2, 0.25) is 0 Å². The molecule has 3 rings (SSSR count). The maximum absolute atomic E-state index is 10.9. The van der Waals surface area contributed by atoms with Crippen LogP contribution in [-0.4, -0.2) is 29.2 Å². The van der Waals surface area contributed by atoms with Crippen molar-refractivity contribution in [2.24, 2.45) is 5.41 Å². The lowest BCUT2D eigenvalue weighted by atomic mass is 9.93. The zero-order valence-electron chi connectivity index (χ0n) is 14.3. The third-order valence-electron chi connectivity index (χ3n) is 4.55. The lowest BCUT2D eigenvalue weighted by Gasteiger charge is -2.13. The molecule has 0 aliphatic heterocycles. The molecule has 5 heteroatoms. The summed E-state index contributed by atoms with van der Waals surface area (Å²) in [5.74, 6) is 1.03.